The van der Waals surface area contributed by atoms with Gasteiger partial charge in [-0.25, -0.2) is 9.86 Å². The van der Waals surface area contributed by atoms with E-state index in [1.807, 2.05) is 0 Å². The van der Waals surface area contributed by atoms with Gasteiger partial charge in [0.15, 0.2) is 0 Å². The Morgan fingerprint density at radius 3 is 3.00 bits per heavy atom. The van der Waals surface area contributed by atoms with Crippen molar-refractivity contribution in [2.24, 2.45) is 0 Å². The molecule has 2 heterocycles. The number of nitrogens with zero attached hydrogens (tertiary/aromatic N) is 2. The van der Waals surface area contributed by atoms with Crippen LogP contribution in [-0.2, 0) is 0 Å². The maximum Gasteiger partial charge on any atom is 0.344 e. The maximum atomic E-state index is 11.0. The Labute approximate surface area is 59.0 Å². The molecule has 1 N–H and O–H groups in total. The predicted octanol–water partition coefficient (Wildman–Crippen LogP) is 0.276. The average molecular weight is 142 g/mol. The predicted molar refractivity (Wildman–Crippen MR) is 33.6 cm³/mol. The van der Waals surface area contributed by atoms with Crippen molar-refractivity contribution in [1.82, 2.24) is 9.96 Å². The Morgan fingerprint density at radius 2 is 2.40 bits per heavy atom. The molecular weight excluding hydrogens is 132 g/mol. The second-order valence-corrected chi connectivity index (χ2v) is 2.87. The highest BCUT2D eigenvalue weighted by atomic mass is 16.5. The van der Waals surface area contributed by atoms with E-state index in [0.717, 1.165) is 31.0 Å². The topological polar surface area (TPSA) is 43.8 Å². The first kappa shape index (κ1) is 5.97. The highest BCUT2D eigenvalue weighted by Gasteiger charge is 2.38. The van der Waals surface area contributed by atoms with Crippen LogP contribution in [0.15, 0.2) is 0 Å². The van der Waals surface area contributed by atoms with Crippen LogP contribution >= 0.6 is 0 Å². The van der Waals surface area contributed by atoms with Crippen molar-refractivity contribution >= 4 is 6.03 Å². The number of urea groups is 1. The van der Waals surface area contributed by atoms with Gasteiger partial charge in [-0.15, -0.1) is 0 Å². The fourth-order valence-electron chi connectivity index (χ4n) is 1.63. The second-order valence-electron chi connectivity index (χ2n) is 2.87. The SMILES string of the molecule is O=C1N2CCC[C@@H](C2)N1O. The van der Waals surface area contributed by atoms with E-state index in [1.54, 1.807) is 4.90 Å². The van der Waals surface area contributed by atoms with Crippen molar-refractivity contribution in [3.63, 3.8) is 0 Å². The van der Waals surface area contributed by atoms with Gasteiger partial charge in [-0.1, -0.05) is 0 Å². The van der Waals surface area contributed by atoms with Crippen LogP contribution in [0.5, 0.6) is 0 Å². The molecule has 2 bridgehead atoms. The molecule has 56 valence electrons. The van der Waals surface area contributed by atoms with E-state index in [1.165, 1.54) is 0 Å². The summed E-state index contributed by atoms with van der Waals surface area (Å²) in [5.41, 5.74) is 0. The van der Waals surface area contributed by atoms with Gasteiger partial charge in [-0.2, -0.15) is 0 Å². The number of piperidine rings is 1. The van der Waals surface area contributed by atoms with Crippen LogP contribution in [0.2, 0.25) is 0 Å². The van der Waals surface area contributed by atoms with Crippen molar-refractivity contribution in [2.75, 3.05) is 13.1 Å². The first-order valence-corrected chi connectivity index (χ1v) is 3.56. The molecule has 4 nitrogen and oxygen atoms in total. The summed E-state index contributed by atoms with van der Waals surface area (Å²) in [6, 6.07) is -0.149. The van der Waals surface area contributed by atoms with Crippen molar-refractivity contribution in [1.29, 1.82) is 0 Å². The Hall–Kier alpha value is -0.770. The van der Waals surface area contributed by atoms with Crippen molar-refractivity contribution in [3.8, 4) is 0 Å². The fraction of sp³-hybridized carbons (Fsp3) is 0.833. The molecule has 0 aromatic carbocycles. The number of amides is 2. The smallest absolute Gasteiger partial charge is 0.321 e. The summed E-state index contributed by atoms with van der Waals surface area (Å²) in [6.07, 6.45) is 1.96. The van der Waals surface area contributed by atoms with Gasteiger partial charge < -0.3 is 4.90 Å². The number of hydrogen-bond acceptors (Lipinski definition) is 2. The zero-order valence-corrected chi connectivity index (χ0v) is 5.66. The van der Waals surface area contributed by atoms with Crippen LogP contribution in [0, 0.1) is 0 Å². The molecule has 2 aliphatic heterocycles. The lowest BCUT2D eigenvalue weighted by molar-refractivity contribution is -0.0583. The largest absolute Gasteiger partial charge is 0.344 e. The summed E-state index contributed by atoms with van der Waals surface area (Å²) < 4.78 is 0. The van der Waals surface area contributed by atoms with Crippen molar-refractivity contribution in [3.05, 3.63) is 0 Å². The number of carbonyl (C=O) groups excluding carboxylic acids is 1. The fourth-order valence-corrected chi connectivity index (χ4v) is 1.63. The minimum absolute atomic E-state index is 0.0706. The zero-order valence-electron chi connectivity index (χ0n) is 5.66. The zero-order chi connectivity index (χ0) is 7.14. The van der Waals surface area contributed by atoms with E-state index in [9.17, 15) is 4.79 Å². The van der Waals surface area contributed by atoms with Gasteiger partial charge in [0.25, 0.3) is 0 Å². The summed E-state index contributed by atoms with van der Waals surface area (Å²) in [5.74, 6) is 0. The molecule has 0 aromatic heterocycles. The summed E-state index contributed by atoms with van der Waals surface area (Å²) >= 11 is 0. The minimum atomic E-state index is -0.220. The van der Waals surface area contributed by atoms with Crippen molar-refractivity contribution < 1.29 is 10.0 Å². The molecule has 2 aliphatic rings. The third-order valence-electron chi connectivity index (χ3n) is 2.21. The molecule has 0 aromatic rings. The van der Waals surface area contributed by atoms with Gasteiger partial charge in [0, 0.05) is 13.1 Å². The molecule has 10 heavy (non-hydrogen) atoms. The molecule has 4 heteroatoms. The third kappa shape index (κ3) is 0.623. The number of hydroxylamine groups is 2. The van der Waals surface area contributed by atoms with E-state index in [4.69, 9.17) is 5.21 Å². The Bertz CT molecular complexity index is 167. The van der Waals surface area contributed by atoms with E-state index in [2.05, 4.69) is 0 Å². The van der Waals surface area contributed by atoms with Gasteiger partial charge in [0.05, 0.1) is 6.04 Å². The van der Waals surface area contributed by atoms with Crippen LogP contribution in [0.3, 0.4) is 0 Å². The maximum absolute atomic E-state index is 11.0. The molecule has 0 unspecified atom stereocenters. The standard InChI is InChI=1S/C6H10N2O2/c9-6-7-3-1-2-5(4-7)8(6)10/h5,10H,1-4H2/t5-/m0/s1. The van der Waals surface area contributed by atoms with Crippen LogP contribution in [0.25, 0.3) is 0 Å². The lowest BCUT2D eigenvalue weighted by atomic mass is 10.1. The molecule has 2 amide bonds. The lowest BCUT2D eigenvalue weighted by Gasteiger charge is -2.19. The highest BCUT2D eigenvalue weighted by Crippen LogP contribution is 2.22. The monoisotopic (exact) mass is 142 g/mol. The van der Waals surface area contributed by atoms with Gasteiger partial charge in [-0.05, 0) is 12.8 Å². The van der Waals surface area contributed by atoms with E-state index in [0.29, 0.717) is 0 Å². The van der Waals surface area contributed by atoms with Gasteiger partial charge in [0.2, 0.25) is 0 Å². The molecule has 0 radical (unpaired) electrons. The molecular formula is C6H10N2O2. The molecule has 0 saturated carbocycles. The summed E-state index contributed by atoms with van der Waals surface area (Å²) in [5, 5.41) is 9.98. The molecule has 0 spiro atoms. The first-order valence-electron chi connectivity index (χ1n) is 3.56. The minimum Gasteiger partial charge on any atom is -0.321 e. The average Bonchev–Trinajstić information content (AvgIpc) is 2.17. The lowest BCUT2D eigenvalue weighted by Crippen LogP contribution is -2.30. The van der Waals surface area contributed by atoms with Gasteiger partial charge in [-0.3, -0.25) is 5.21 Å². The highest BCUT2D eigenvalue weighted by molar-refractivity contribution is 5.76. The second kappa shape index (κ2) is 1.85. The molecule has 2 rings (SSSR count). The summed E-state index contributed by atoms with van der Waals surface area (Å²) in [7, 11) is 0. The Morgan fingerprint density at radius 1 is 1.60 bits per heavy atom. The van der Waals surface area contributed by atoms with Crippen molar-refractivity contribution in [2.45, 2.75) is 18.9 Å². The summed E-state index contributed by atoms with van der Waals surface area (Å²) in [6.45, 7) is 1.53. The van der Waals surface area contributed by atoms with Crippen LogP contribution in [0.1, 0.15) is 12.8 Å². The van der Waals surface area contributed by atoms with E-state index >= 15 is 0 Å². The molecule has 0 aliphatic carbocycles. The van der Waals surface area contributed by atoms with E-state index in [-0.39, 0.29) is 12.1 Å². The Balaban J connectivity index is 2.21. The Kier molecular flexibility index (Phi) is 1.11. The van der Waals surface area contributed by atoms with Crippen LogP contribution in [-0.4, -0.2) is 40.3 Å². The van der Waals surface area contributed by atoms with Gasteiger partial charge in [0.1, 0.15) is 0 Å². The van der Waals surface area contributed by atoms with E-state index < -0.39 is 0 Å². The quantitative estimate of drug-likeness (QED) is 0.493. The number of fused-ring (bicyclic) bond motifs is 2. The number of carbonyl (C=O) groups is 1. The molecule has 2 fully saturated rings. The number of rotatable bonds is 0. The third-order valence-corrected chi connectivity index (χ3v) is 2.21. The normalized spacial score (nSPS) is 31.7. The first-order chi connectivity index (χ1) is 4.79. The number of hydrogen-bond donors (Lipinski definition) is 1. The van der Waals surface area contributed by atoms with Crippen LogP contribution in [0.4, 0.5) is 4.79 Å². The van der Waals surface area contributed by atoms with Gasteiger partial charge >= 0.3 is 6.03 Å². The summed E-state index contributed by atoms with van der Waals surface area (Å²) in [4.78, 5) is 12.7. The molecule has 1 atom stereocenters. The molecule has 2 saturated heterocycles. The van der Waals surface area contributed by atoms with Crippen LogP contribution < -0.4 is 0 Å².